The van der Waals surface area contributed by atoms with Crippen LogP contribution in [0.25, 0.3) is 0 Å². The lowest BCUT2D eigenvalue weighted by Crippen LogP contribution is -2.41. The molecule has 3 aliphatic heterocycles. The molecule has 2 saturated heterocycles. The van der Waals surface area contributed by atoms with Gasteiger partial charge in [-0.1, -0.05) is 17.3 Å². The fraction of sp³-hybridized carbons (Fsp3) is 0.350. The summed E-state index contributed by atoms with van der Waals surface area (Å²) in [7, 11) is 0. The highest BCUT2D eigenvalue weighted by Gasteiger charge is 2.67. The van der Waals surface area contributed by atoms with E-state index in [4.69, 9.17) is 9.26 Å². The molecule has 1 spiro atoms. The van der Waals surface area contributed by atoms with E-state index in [0.717, 1.165) is 12.1 Å². The molecule has 31 heavy (non-hydrogen) atoms. The number of carbonyl (C=O) groups excluding carboxylic acids is 2. The maximum Gasteiger partial charge on any atom is 0.573 e. The van der Waals surface area contributed by atoms with Crippen LogP contribution in [0.3, 0.4) is 0 Å². The van der Waals surface area contributed by atoms with Crippen LogP contribution in [0.2, 0.25) is 0 Å². The van der Waals surface area contributed by atoms with Crippen molar-refractivity contribution in [2.75, 3.05) is 16.8 Å². The lowest BCUT2D eigenvalue weighted by Gasteiger charge is -2.23. The van der Waals surface area contributed by atoms with Crippen molar-refractivity contribution in [1.29, 1.82) is 0 Å². The zero-order valence-electron chi connectivity index (χ0n) is 16.1. The SMILES string of the molecule is Cc1cc(N2CC34C=CC(O3)C(C(=O)Nc3ccc(OC(F)(F)F)cc3)C4C2=O)no1. The van der Waals surface area contributed by atoms with Crippen molar-refractivity contribution in [3.63, 3.8) is 0 Å². The van der Waals surface area contributed by atoms with Crippen LogP contribution in [0.4, 0.5) is 24.7 Å². The molecule has 2 aromatic rings. The van der Waals surface area contributed by atoms with Gasteiger partial charge < -0.3 is 19.3 Å². The van der Waals surface area contributed by atoms with Crippen LogP contribution in [-0.4, -0.2) is 41.6 Å². The Morgan fingerprint density at radius 2 is 2.06 bits per heavy atom. The number of rotatable bonds is 4. The number of amides is 2. The Balaban J connectivity index is 1.34. The quantitative estimate of drug-likeness (QED) is 0.743. The third kappa shape index (κ3) is 3.25. The molecule has 2 bridgehead atoms. The summed E-state index contributed by atoms with van der Waals surface area (Å²) in [6, 6.07) is 6.40. The van der Waals surface area contributed by atoms with Gasteiger partial charge in [0.1, 0.15) is 17.1 Å². The topological polar surface area (TPSA) is 93.9 Å². The minimum atomic E-state index is -4.80. The molecule has 2 fully saturated rings. The van der Waals surface area contributed by atoms with E-state index in [-0.39, 0.29) is 18.1 Å². The van der Waals surface area contributed by atoms with E-state index >= 15 is 0 Å². The molecule has 0 saturated carbocycles. The average molecular weight is 435 g/mol. The number of hydrogen-bond donors (Lipinski definition) is 1. The summed E-state index contributed by atoms with van der Waals surface area (Å²) in [5.74, 6) is -1.79. The van der Waals surface area contributed by atoms with Gasteiger partial charge >= 0.3 is 6.36 Å². The van der Waals surface area contributed by atoms with Crippen molar-refractivity contribution in [3.05, 3.63) is 48.2 Å². The molecule has 2 amide bonds. The largest absolute Gasteiger partial charge is 0.573 e. The molecular formula is C20H16F3N3O5. The Hall–Kier alpha value is -3.34. The summed E-state index contributed by atoms with van der Waals surface area (Å²) >= 11 is 0. The number of ether oxygens (including phenoxy) is 2. The van der Waals surface area contributed by atoms with Crippen molar-refractivity contribution in [3.8, 4) is 5.75 Å². The summed E-state index contributed by atoms with van der Waals surface area (Å²) in [5.41, 5.74) is -0.657. The van der Waals surface area contributed by atoms with Crippen molar-refractivity contribution in [2.45, 2.75) is 25.0 Å². The normalized spacial score (nSPS) is 28.8. The van der Waals surface area contributed by atoms with E-state index < -0.39 is 41.6 Å². The number of fused-ring (bicyclic) bond motifs is 1. The number of anilines is 2. The van der Waals surface area contributed by atoms with Gasteiger partial charge in [-0.15, -0.1) is 13.2 Å². The summed E-state index contributed by atoms with van der Waals surface area (Å²) in [6.45, 7) is 1.92. The van der Waals surface area contributed by atoms with Gasteiger partial charge in [-0.3, -0.25) is 14.5 Å². The Morgan fingerprint density at radius 1 is 1.32 bits per heavy atom. The van der Waals surface area contributed by atoms with Crippen LogP contribution in [-0.2, 0) is 14.3 Å². The zero-order chi connectivity index (χ0) is 22.0. The summed E-state index contributed by atoms with van der Waals surface area (Å²) < 4.78 is 51.8. The van der Waals surface area contributed by atoms with Gasteiger partial charge in [0, 0.05) is 11.8 Å². The second-order valence-electron chi connectivity index (χ2n) is 7.68. The molecule has 1 N–H and O–H groups in total. The van der Waals surface area contributed by atoms with Gasteiger partial charge in [0.15, 0.2) is 5.82 Å². The molecule has 1 aromatic carbocycles. The number of nitrogens with one attached hydrogen (secondary N) is 1. The standard InChI is InChI=1S/C20H16F3N3O5/c1-10-8-14(25-31-10)26-9-19-7-6-13(30-19)15(16(19)18(26)28)17(27)24-11-2-4-12(5-3-11)29-20(21,22)23/h2-8,13,15-16H,9H2,1H3,(H,24,27). The van der Waals surface area contributed by atoms with Gasteiger partial charge in [0.05, 0.1) is 24.5 Å². The van der Waals surface area contributed by atoms with E-state index in [1.807, 2.05) is 0 Å². The fourth-order valence-electron chi connectivity index (χ4n) is 4.44. The highest BCUT2D eigenvalue weighted by atomic mass is 19.4. The highest BCUT2D eigenvalue weighted by Crippen LogP contribution is 2.52. The van der Waals surface area contributed by atoms with E-state index in [9.17, 15) is 22.8 Å². The van der Waals surface area contributed by atoms with Crippen molar-refractivity contribution < 1.29 is 36.8 Å². The lowest BCUT2D eigenvalue weighted by molar-refractivity contribution is -0.274. The first kappa shape index (κ1) is 19.6. The van der Waals surface area contributed by atoms with E-state index in [0.29, 0.717) is 11.6 Å². The predicted molar refractivity (Wildman–Crippen MR) is 99.1 cm³/mol. The first-order chi connectivity index (χ1) is 14.7. The summed E-state index contributed by atoms with van der Waals surface area (Å²) in [6.07, 6.45) is -1.81. The molecule has 4 atom stereocenters. The Bertz CT molecular complexity index is 1080. The second kappa shape index (κ2) is 6.58. The van der Waals surface area contributed by atoms with Crippen molar-refractivity contribution >= 4 is 23.3 Å². The average Bonchev–Trinajstić information content (AvgIpc) is 3.43. The van der Waals surface area contributed by atoms with Crippen LogP contribution < -0.4 is 15.0 Å². The molecule has 5 rings (SSSR count). The highest BCUT2D eigenvalue weighted by molar-refractivity contribution is 6.05. The van der Waals surface area contributed by atoms with Gasteiger partial charge in [-0.2, -0.15) is 0 Å². The Labute approximate surface area is 173 Å². The first-order valence-corrected chi connectivity index (χ1v) is 9.44. The zero-order valence-corrected chi connectivity index (χ0v) is 16.1. The molecular weight excluding hydrogens is 419 g/mol. The monoisotopic (exact) mass is 435 g/mol. The number of hydrogen-bond acceptors (Lipinski definition) is 6. The first-order valence-electron chi connectivity index (χ1n) is 9.44. The van der Waals surface area contributed by atoms with Crippen molar-refractivity contribution in [2.24, 2.45) is 11.8 Å². The molecule has 4 heterocycles. The molecule has 0 radical (unpaired) electrons. The summed E-state index contributed by atoms with van der Waals surface area (Å²) in [5, 5.41) is 6.54. The van der Waals surface area contributed by atoms with Crippen LogP contribution >= 0.6 is 0 Å². The van der Waals surface area contributed by atoms with Crippen LogP contribution in [0, 0.1) is 18.8 Å². The minimum absolute atomic E-state index is 0.211. The number of carbonyl (C=O) groups is 2. The van der Waals surface area contributed by atoms with E-state index in [1.165, 1.54) is 17.0 Å². The second-order valence-corrected chi connectivity index (χ2v) is 7.68. The minimum Gasteiger partial charge on any atom is -0.406 e. The van der Waals surface area contributed by atoms with Crippen molar-refractivity contribution in [1.82, 2.24) is 5.16 Å². The van der Waals surface area contributed by atoms with Gasteiger partial charge in [0.25, 0.3) is 0 Å². The lowest BCUT2D eigenvalue weighted by atomic mass is 9.77. The number of aryl methyl sites for hydroxylation is 1. The van der Waals surface area contributed by atoms with Gasteiger partial charge in [-0.05, 0) is 31.2 Å². The van der Waals surface area contributed by atoms with E-state index in [2.05, 4.69) is 15.2 Å². The van der Waals surface area contributed by atoms with Crippen LogP contribution in [0.1, 0.15) is 5.76 Å². The molecule has 11 heteroatoms. The Morgan fingerprint density at radius 3 is 2.71 bits per heavy atom. The molecule has 0 aliphatic carbocycles. The molecule has 4 unspecified atom stereocenters. The van der Waals surface area contributed by atoms with Crippen LogP contribution in [0.5, 0.6) is 5.75 Å². The third-order valence-electron chi connectivity index (χ3n) is 5.65. The molecule has 1 aromatic heterocycles. The number of halogens is 3. The number of alkyl halides is 3. The smallest absolute Gasteiger partial charge is 0.406 e. The molecule has 3 aliphatic rings. The summed E-state index contributed by atoms with van der Waals surface area (Å²) in [4.78, 5) is 27.6. The maximum absolute atomic E-state index is 13.2. The van der Waals surface area contributed by atoms with E-state index in [1.54, 1.807) is 25.1 Å². The molecule has 162 valence electrons. The van der Waals surface area contributed by atoms with Gasteiger partial charge in [-0.25, -0.2) is 0 Å². The maximum atomic E-state index is 13.2. The third-order valence-corrected chi connectivity index (χ3v) is 5.65. The van der Waals surface area contributed by atoms with Crippen LogP contribution in [0.15, 0.2) is 47.0 Å². The number of benzene rings is 1. The van der Waals surface area contributed by atoms with Gasteiger partial charge in [0.2, 0.25) is 11.8 Å². The predicted octanol–water partition coefficient (Wildman–Crippen LogP) is 2.81. The number of aromatic nitrogens is 1. The Kier molecular flexibility index (Phi) is 4.16. The molecule has 8 nitrogen and oxygen atoms in total. The number of nitrogens with zero attached hydrogens (tertiary/aromatic N) is 2. The fourth-order valence-corrected chi connectivity index (χ4v) is 4.44.